The summed E-state index contributed by atoms with van der Waals surface area (Å²) in [6.45, 7) is 0. The molecule has 1 aromatic rings. The number of aliphatic hydroxyl groups excluding tert-OH is 1. The zero-order chi connectivity index (χ0) is 10.0. The number of hydrogen-bond donors (Lipinski definition) is 2. The van der Waals surface area contributed by atoms with Gasteiger partial charge in [0.2, 0.25) is 0 Å². The molecule has 1 unspecified atom stereocenters. The highest BCUT2D eigenvalue weighted by molar-refractivity contribution is 14.1. The van der Waals surface area contributed by atoms with Gasteiger partial charge in [0.15, 0.2) is 6.10 Å². The van der Waals surface area contributed by atoms with Crippen LogP contribution in [0.25, 0.3) is 0 Å². The Bertz CT molecular complexity index is 320. The summed E-state index contributed by atoms with van der Waals surface area (Å²) in [5, 5.41) is 17.6. The molecule has 0 aliphatic heterocycles. The molecule has 13 heavy (non-hydrogen) atoms. The first-order valence-electron chi connectivity index (χ1n) is 3.39. The van der Waals surface area contributed by atoms with Gasteiger partial charge < -0.3 is 10.2 Å². The van der Waals surface area contributed by atoms with Crippen LogP contribution in [0.3, 0.4) is 0 Å². The van der Waals surface area contributed by atoms with E-state index < -0.39 is 17.9 Å². The number of hydrogen-bond acceptors (Lipinski definition) is 2. The molecule has 0 heterocycles. The SMILES string of the molecule is O=C(O)C(O)c1c(F)cccc1I. The van der Waals surface area contributed by atoms with Crippen LogP contribution in [0.1, 0.15) is 11.7 Å². The lowest BCUT2D eigenvalue weighted by atomic mass is 10.1. The van der Waals surface area contributed by atoms with Crippen LogP contribution < -0.4 is 0 Å². The van der Waals surface area contributed by atoms with E-state index in [1.54, 1.807) is 22.6 Å². The third-order valence-electron chi connectivity index (χ3n) is 1.51. The molecule has 1 rings (SSSR count). The van der Waals surface area contributed by atoms with Crippen LogP contribution in [-0.4, -0.2) is 16.2 Å². The van der Waals surface area contributed by atoms with Gasteiger partial charge in [-0.1, -0.05) is 6.07 Å². The van der Waals surface area contributed by atoms with Gasteiger partial charge in [-0.3, -0.25) is 0 Å². The quantitative estimate of drug-likeness (QED) is 0.814. The second-order valence-electron chi connectivity index (χ2n) is 2.38. The standard InChI is InChI=1S/C8H6FIO3/c9-4-2-1-3-5(10)6(4)7(11)8(12)13/h1-3,7,11H,(H,12,13). The fourth-order valence-corrected chi connectivity index (χ4v) is 1.66. The molecule has 2 N–H and O–H groups in total. The van der Waals surface area contributed by atoms with Crippen molar-refractivity contribution < 1.29 is 19.4 Å². The van der Waals surface area contributed by atoms with E-state index in [1.807, 2.05) is 0 Å². The van der Waals surface area contributed by atoms with Crippen molar-refractivity contribution in [1.29, 1.82) is 0 Å². The lowest BCUT2D eigenvalue weighted by Gasteiger charge is -2.08. The molecule has 5 heteroatoms. The molecule has 0 saturated carbocycles. The van der Waals surface area contributed by atoms with Gasteiger partial charge in [0.05, 0.1) is 0 Å². The zero-order valence-electron chi connectivity index (χ0n) is 6.37. The van der Waals surface area contributed by atoms with Crippen LogP contribution in [0.15, 0.2) is 18.2 Å². The molecule has 0 aromatic heterocycles. The number of carboxylic acids is 1. The van der Waals surface area contributed by atoms with Crippen molar-refractivity contribution in [2.24, 2.45) is 0 Å². The van der Waals surface area contributed by atoms with Crippen molar-refractivity contribution in [1.82, 2.24) is 0 Å². The van der Waals surface area contributed by atoms with Gasteiger partial charge >= 0.3 is 5.97 Å². The Labute approximate surface area is 87.3 Å². The molecule has 0 aliphatic carbocycles. The second kappa shape index (κ2) is 4.01. The monoisotopic (exact) mass is 296 g/mol. The van der Waals surface area contributed by atoms with Crippen LogP contribution in [-0.2, 0) is 4.79 Å². The predicted molar refractivity (Wildman–Crippen MR) is 51.7 cm³/mol. The molecule has 0 amide bonds. The highest BCUT2D eigenvalue weighted by Gasteiger charge is 2.22. The maximum Gasteiger partial charge on any atom is 0.337 e. The van der Waals surface area contributed by atoms with E-state index >= 15 is 0 Å². The van der Waals surface area contributed by atoms with Gasteiger partial charge in [-0.25, -0.2) is 9.18 Å². The number of carbonyl (C=O) groups is 1. The number of aliphatic hydroxyl groups is 1. The van der Waals surface area contributed by atoms with Gasteiger partial charge in [0.25, 0.3) is 0 Å². The van der Waals surface area contributed by atoms with Crippen LogP contribution >= 0.6 is 22.6 Å². The fraction of sp³-hybridized carbons (Fsp3) is 0.125. The molecule has 0 bridgehead atoms. The third-order valence-corrected chi connectivity index (χ3v) is 2.45. The van der Waals surface area contributed by atoms with E-state index in [1.165, 1.54) is 12.1 Å². The van der Waals surface area contributed by atoms with Crippen LogP contribution in [0.2, 0.25) is 0 Å². The summed E-state index contributed by atoms with van der Waals surface area (Å²) in [7, 11) is 0. The fourth-order valence-electron chi connectivity index (χ4n) is 0.895. The van der Waals surface area contributed by atoms with E-state index in [0.717, 1.165) is 6.07 Å². The molecule has 0 aliphatic rings. The van der Waals surface area contributed by atoms with Crippen molar-refractivity contribution in [3.05, 3.63) is 33.1 Å². The van der Waals surface area contributed by atoms with Crippen molar-refractivity contribution in [3.63, 3.8) is 0 Å². The van der Waals surface area contributed by atoms with Gasteiger partial charge in [-0.05, 0) is 34.7 Å². The number of carboxylic acid groups (broad SMARTS) is 1. The van der Waals surface area contributed by atoms with Crippen LogP contribution in [0.4, 0.5) is 4.39 Å². The first-order valence-corrected chi connectivity index (χ1v) is 4.46. The molecule has 3 nitrogen and oxygen atoms in total. The molecule has 0 saturated heterocycles. The number of aliphatic carboxylic acids is 1. The van der Waals surface area contributed by atoms with E-state index in [2.05, 4.69) is 0 Å². The van der Waals surface area contributed by atoms with E-state index in [4.69, 9.17) is 10.2 Å². The van der Waals surface area contributed by atoms with E-state index in [9.17, 15) is 9.18 Å². The highest BCUT2D eigenvalue weighted by atomic mass is 127. The average Bonchev–Trinajstić information content (AvgIpc) is 2.03. The average molecular weight is 296 g/mol. The Kier molecular flexibility index (Phi) is 3.21. The zero-order valence-corrected chi connectivity index (χ0v) is 8.53. The van der Waals surface area contributed by atoms with Crippen LogP contribution in [0, 0.1) is 9.39 Å². The largest absolute Gasteiger partial charge is 0.479 e. The molecular weight excluding hydrogens is 290 g/mol. The number of rotatable bonds is 2. The minimum atomic E-state index is -1.80. The van der Waals surface area contributed by atoms with Crippen molar-refractivity contribution in [3.8, 4) is 0 Å². The molecule has 0 fully saturated rings. The Morgan fingerprint density at radius 3 is 2.62 bits per heavy atom. The Morgan fingerprint density at radius 2 is 2.15 bits per heavy atom. The molecule has 0 radical (unpaired) electrons. The van der Waals surface area contributed by atoms with Gasteiger partial charge in [0, 0.05) is 9.13 Å². The van der Waals surface area contributed by atoms with E-state index in [0.29, 0.717) is 3.57 Å². The molecule has 70 valence electrons. The lowest BCUT2D eigenvalue weighted by molar-refractivity contribution is -0.147. The first-order chi connectivity index (χ1) is 6.04. The summed E-state index contributed by atoms with van der Waals surface area (Å²) < 4.78 is 13.4. The molecule has 1 aromatic carbocycles. The predicted octanol–water partition coefficient (Wildman–Crippen LogP) is 1.55. The molecular formula is C8H6FIO3. The maximum absolute atomic E-state index is 13.0. The van der Waals surface area contributed by atoms with Gasteiger partial charge in [-0.15, -0.1) is 0 Å². The molecule has 1 atom stereocenters. The Balaban J connectivity index is 3.20. The minimum absolute atomic E-state index is 0.185. The first kappa shape index (κ1) is 10.4. The smallest absolute Gasteiger partial charge is 0.337 e. The van der Waals surface area contributed by atoms with Gasteiger partial charge in [0.1, 0.15) is 5.82 Å². The summed E-state index contributed by atoms with van der Waals surface area (Å²) in [5.41, 5.74) is -0.185. The van der Waals surface area contributed by atoms with Gasteiger partial charge in [-0.2, -0.15) is 0 Å². The van der Waals surface area contributed by atoms with E-state index in [-0.39, 0.29) is 5.56 Å². The number of benzene rings is 1. The van der Waals surface area contributed by atoms with Crippen molar-refractivity contribution >= 4 is 28.6 Å². The summed E-state index contributed by atoms with van der Waals surface area (Å²) in [6, 6.07) is 4.10. The summed E-state index contributed by atoms with van der Waals surface area (Å²) in [5.74, 6) is -2.16. The second-order valence-corrected chi connectivity index (χ2v) is 3.54. The Hall–Kier alpha value is -0.690. The summed E-state index contributed by atoms with van der Waals surface area (Å²) in [4.78, 5) is 10.4. The summed E-state index contributed by atoms with van der Waals surface area (Å²) >= 11 is 1.77. The normalized spacial score (nSPS) is 12.5. The number of halogens is 2. The van der Waals surface area contributed by atoms with Crippen LogP contribution in [0.5, 0.6) is 0 Å². The molecule has 0 spiro atoms. The maximum atomic E-state index is 13.0. The Morgan fingerprint density at radius 1 is 1.54 bits per heavy atom. The van der Waals surface area contributed by atoms with Crippen molar-refractivity contribution in [2.45, 2.75) is 6.10 Å². The topological polar surface area (TPSA) is 57.5 Å². The van der Waals surface area contributed by atoms with Crippen molar-refractivity contribution in [2.75, 3.05) is 0 Å². The third kappa shape index (κ3) is 2.16. The summed E-state index contributed by atoms with van der Waals surface area (Å²) in [6.07, 6.45) is -1.80. The lowest BCUT2D eigenvalue weighted by Crippen LogP contribution is -2.13. The minimum Gasteiger partial charge on any atom is -0.479 e. The highest BCUT2D eigenvalue weighted by Crippen LogP contribution is 2.23.